The van der Waals surface area contributed by atoms with Crippen LogP contribution < -0.4 is 0 Å². The zero-order valence-corrected chi connectivity index (χ0v) is 10.5. The predicted molar refractivity (Wildman–Crippen MR) is 74.4 cm³/mol. The van der Waals surface area contributed by atoms with Gasteiger partial charge in [-0.25, -0.2) is 4.98 Å². The smallest absolute Gasteiger partial charge is 0.137 e. The van der Waals surface area contributed by atoms with Gasteiger partial charge in [0.05, 0.1) is 10.7 Å². The standard InChI is InChI=1S/C13H8ClN5/c14-10-4-5-13-16-12(8-19(13)7-10)9-2-1-3-11(6-9)17-18-15/h1-8H. The number of pyridine rings is 1. The van der Waals surface area contributed by atoms with Crippen LogP contribution in [-0.4, -0.2) is 9.38 Å². The van der Waals surface area contributed by atoms with E-state index in [2.05, 4.69) is 15.0 Å². The SMILES string of the molecule is [N-]=[N+]=Nc1cccc(-c2cn3cc(Cl)ccc3n2)c1. The maximum atomic E-state index is 8.45. The molecule has 19 heavy (non-hydrogen) atoms. The molecule has 0 spiro atoms. The third-order valence-electron chi connectivity index (χ3n) is 2.72. The molecule has 0 radical (unpaired) electrons. The lowest BCUT2D eigenvalue weighted by Gasteiger charge is -1.96. The van der Waals surface area contributed by atoms with Crippen molar-refractivity contribution in [3.05, 3.63) is 64.3 Å². The Labute approximate surface area is 113 Å². The first-order valence-corrected chi connectivity index (χ1v) is 5.94. The monoisotopic (exact) mass is 269 g/mol. The average molecular weight is 270 g/mol. The summed E-state index contributed by atoms with van der Waals surface area (Å²) in [6.07, 6.45) is 3.68. The molecule has 5 nitrogen and oxygen atoms in total. The molecule has 2 aromatic heterocycles. The number of imidazole rings is 1. The van der Waals surface area contributed by atoms with Crippen LogP contribution in [0.15, 0.2) is 53.9 Å². The number of fused-ring (bicyclic) bond motifs is 1. The summed E-state index contributed by atoms with van der Waals surface area (Å²) in [4.78, 5) is 7.27. The number of nitrogens with zero attached hydrogens (tertiary/aromatic N) is 5. The fourth-order valence-electron chi connectivity index (χ4n) is 1.88. The third-order valence-corrected chi connectivity index (χ3v) is 2.94. The molecule has 0 bridgehead atoms. The van der Waals surface area contributed by atoms with Crippen molar-refractivity contribution in [2.75, 3.05) is 0 Å². The number of rotatable bonds is 2. The van der Waals surface area contributed by atoms with Gasteiger partial charge in [-0.05, 0) is 23.7 Å². The Bertz CT molecular complexity index is 802. The fourth-order valence-corrected chi connectivity index (χ4v) is 2.05. The van der Waals surface area contributed by atoms with E-state index in [1.807, 2.05) is 28.8 Å². The van der Waals surface area contributed by atoms with Gasteiger partial charge in [0.25, 0.3) is 0 Å². The fraction of sp³-hybridized carbons (Fsp3) is 0. The molecule has 1 aromatic carbocycles. The summed E-state index contributed by atoms with van der Waals surface area (Å²) < 4.78 is 1.86. The van der Waals surface area contributed by atoms with Crippen LogP contribution in [0.2, 0.25) is 5.02 Å². The van der Waals surface area contributed by atoms with Crippen molar-refractivity contribution in [3.63, 3.8) is 0 Å². The van der Waals surface area contributed by atoms with Crippen LogP contribution in [0.1, 0.15) is 0 Å². The second-order valence-corrected chi connectivity index (χ2v) is 4.42. The van der Waals surface area contributed by atoms with E-state index in [9.17, 15) is 0 Å². The van der Waals surface area contributed by atoms with Gasteiger partial charge in [-0.2, -0.15) is 0 Å². The molecule has 6 heteroatoms. The minimum atomic E-state index is 0.565. The second kappa shape index (κ2) is 4.65. The summed E-state index contributed by atoms with van der Waals surface area (Å²) >= 11 is 5.94. The van der Waals surface area contributed by atoms with Gasteiger partial charge in [0.1, 0.15) is 5.65 Å². The highest BCUT2D eigenvalue weighted by molar-refractivity contribution is 6.30. The van der Waals surface area contributed by atoms with Crippen LogP contribution in [0.25, 0.3) is 27.3 Å². The number of hydrogen-bond donors (Lipinski definition) is 0. The Morgan fingerprint density at radius 3 is 2.95 bits per heavy atom. The lowest BCUT2D eigenvalue weighted by atomic mass is 10.1. The van der Waals surface area contributed by atoms with Gasteiger partial charge >= 0.3 is 0 Å². The van der Waals surface area contributed by atoms with E-state index in [1.165, 1.54) is 0 Å². The molecule has 3 rings (SSSR count). The maximum absolute atomic E-state index is 8.45. The number of halogens is 1. The first-order chi connectivity index (χ1) is 9.26. The first kappa shape index (κ1) is 11.6. The quantitative estimate of drug-likeness (QED) is 0.381. The van der Waals surface area contributed by atoms with Gasteiger partial charge in [-0.15, -0.1) is 0 Å². The van der Waals surface area contributed by atoms with Crippen LogP contribution >= 0.6 is 11.6 Å². The van der Waals surface area contributed by atoms with E-state index in [0.29, 0.717) is 10.7 Å². The van der Waals surface area contributed by atoms with Crippen LogP contribution in [0.4, 0.5) is 5.69 Å². The summed E-state index contributed by atoms with van der Waals surface area (Å²) in [7, 11) is 0. The summed E-state index contributed by atoms with van der Waals surface area (Å²) in [6.45, 7) is 0. The van der Waals surface area contributed by atoms with Gasteiger partial charge in [-0.3, -0.25) is 0 Å². The molecule has 0 amide bonds. The van der Waals surface area contributed by atoms with Crippen LogP contribution in [0.3, 0.4) is 0 Å². The summed E-state index contributed by atoms with van der Waals surface area (Å²) in [5, 5.41) is 4.24. The third kappa shape index (κ3) is 2.25. The van der Waals surface area contributed by atoms with Crippen molar-refractivity contribution in [2.24, 2.45) is 5.11 Å². The molecular formula is C13H8ClN5. The Hall–Kier alpha value is -2.49. The zero-order valence-electron chi connectivity index (χ0n) is 9.73. The van der Waals surface area contributed by atoms with Crippen molar-refractivity contribution in [2.45, 2.75) is 0 Å². The van der Waals surface area contributed by atoms with E-state index in [1.54, 1.807) is 24.4 Å². The molecular weight excluding hydrogens is 262 g/mol. The Balaban J connectivity index is 2.13. The highest BCUT2D eigenvalue weighted by Gasteiger charge is 2.05. The molecule has 0 unspecified atom stereocenters. The van der Waals surface area contributed by atoms with E-state index in [0.717, 1.165) is 16.9 Å². The molecule has 3 aromatic rings. The topological polar surface area (TPSA) is 66.1 Å². The van der Waals surface area contributed by atoms with Crippen molar-refractivity contribution in [3.8, 4) is 11.3 Å². The molecule has 0 atom stereocenters. The maximum Gasteiger partial charge on any atom is 0.137 e. The zero-order chi connectivity index (χ0) is 13.2. The van der Waals surface area contributed by atoms with E-state index < -0.39 is 0 Å². The van der Waals surface area contributed by atoms with Crippen molar-refractivity contribution in [1.29, 1.82) is 0 Å². The normalized spacial score (nSPS) is 10.4. The predicted octanol–water partition coefficient (Wildman–Crippen LogP) is 4.60. The molecule has 0 saturated carbocycles. The molecule has 2 heterocycles. The Morgan fingerprint density at radius 2 is 2.11 bits per heavy atom. The summed E-state index contributed by atoms with van der Waals surface area (Å²) in [6, 6.07) is 10.9. The van der Waals surface area contributed by atoms with Gasteiger partial charge in [0.2, 0.25) is 0 Å². The van der Waals surface area contributed by atoms with Gasteiger partial charge < -0.3 is 4.40 Å². The number of aromatic nitrogens is 2. The number of benzene rings is 1. The molecule has 0 aliphatic rings. The number of hydrogen-bond acceptors (Lipinski definition) is 2. The lowest BCUT2D eigenvalue weighted by molar-refractivity contribution is 1.19. The molecule has 0 fully saturated rings. The van der Waals surface area contributed by atoms with Gasteiger partial charge in [0.15, 0.2) is 0 Å². The largest absolute Gasteiger partial charge is 0.305 e. The lowest BCUT2D eigenvalue weighted by Crippen LogP contribution is -1.79. The number of azide groups is 1. The highest BCUT2D eigenvalue weighted by atomic mass is 35.5. The first-order valence-electron chi connectivity index (χ1n) is 5.56. The van der Waals surface area contributed by atoms with Gasteiger partial charge in [-0.1, -0.05) is 34.9 Å². The molecule has 0 aliphatic heterocycles. The van der Waals surface area contributed by atoms with E-state index >= 15 is 0 Å². The van der Waals surface area contributed by atoms with Gasteiger partial charge in [0, 0.05) is 28.6 Å². The Kier molecular flexibility index (Phi) is 2.83. The molecule has 0 aliphatic carbocycles. The minimum absolute atomic E-state index is 0.565. The Morgan fingerprint density at radius 1 is 1.21 bits per heavy atom. The van der Waals surface area contributed by atoms with Crippen LogP contribution in [-0.2, 0) is 0 Å². The van der Waals surface area contributed by atoms with E-state index in [-0.39, 0.29) is 0 Å². The highest BCUT2D eigenvalue weighted by Crippen LogP contribution is 2.24. The second-order valence-electron chi connectivity index (χ2n) is 3.98. The molecule has 0 saturated heterocycles. The van der Waals surface area contributed by atoms with Crippen molar-refractivity contribution in [1.82, 2.24) is 9.38 Å². The summed E-state index contributed by atoms with van der Waals surface area (Å²) in [5.74, 6) is 0. The van der Waals surface area contributed by atoms with E-state index in [4.69, 9.17) is 17.1 Å². The summed E-state index contributed by atoms with van der Waals surface area (Å²) in [5.41, 5.74) is 11.5. The average Bonchev–Trinajstić information content (AvgIpc) is 2.82. The molecule has 92 valence electrons. The minimum Gasteiger partial charge on any atom is -0.305 e. The van der Waals surface area contributed by atoms with Crippen LogP contribution in [0, 0.1) is 0 Å². The van der Waals surface area contributed by atoms with Crippen LogP contribution in [0.5, 0.6) is 0 Å². The molecule has 0 N–H and O–H groups in total. The van der Waals surface area contributed by atoms with Crippen molar-refractivity contribution < 1.29 is 0 Å². The van der Waals surface area contributed by atoms with Crippen molar-refractivity contribution >= 4 is 22.9 Å².